The summed E-state index contributed by atoms with van der Waals surface area (Å²) in [5, 5.41) is 0.331. The number of aromatic nitrogens is 1. The number of carbonyl (C=O) groups is 1. The van der Waals surface area contributed by atoms with E-state index in [1.165, 1.54) is 13.2 Å². The molecule has 0 spiro atoms. The van der Waals surface area contributed by atoms with Crippen LogP contribution >= 0.6 is 11.6 Å². The van der Waals surface area contributed by atoms with Crippen LogP contribution in [0.5, 0.6) is 11.5 Å². The van der Waals surface area contributed by atoms with E-state index in [1.807, 2.05) is 18.2 Å². The van der Waals surface area contributed by atoms with E-state index in [9.17, 15) is 4.79 Å². The van der Waals surface area contributed by atoms with Gasteiger partial charge in [0, 0.05) is 11.8 Å². The van der Waals surface area contributed by atoms with Gasteiger partial charge in [-0.2, -0.15) is 0 Å². The number of aldehydes is 1. The van der Waals surface area contributed by atoms with Crippen LogP contribution in [0.2, 0.25) is 5.02 Å². The highest BCUT2D eigenvalue weighted by Crippen LogP contribution is 2.36. The Morgan fingerprint density at radius 2 is 2.21 bits per heavy atom. The van der Waals surface area contributed by atoms with Gasteiger partial charge < -0.3 is 9.47 Å². The summed E-state index contributed by atoms with van der Waals surface area (Å²) >= 11 is 6.07. The molecular formula is C14H12ClNO3. The zero-order chi connectivity index (χ0) is 13.7. The molecule has 0 amide bonds. The van der Waals surface area contributed by atoms with Crippen LogP contribution in [-0.4, -0.2) is 18.4 Å². The van der Waals surface area contributed by atoms with Crippen LogP contribution < -0.4 is 9.47 Å². The van der Waals surface area contributed by atoms with E-state index in [1.54, 1.807) is 12.3 Å². The highest BCUT2D eigenvalue weighted by atomic mass is 35.5. The largest absolute Gasteiger partial charge is 0.493 e. The number of ether oxygens (including phenoxy) is 2. The molecule has 1 heterocycles. The van der Waals surface area contributed by atoms with Crippen molar-refractivity contribution in [3.05, 3.63) is 52.8 Å². The molecule has 19 heavy (non-hydrogen) atoms. The average molecular weight is 278 g/mol. The van der Waals surface area contributed by atoms with E-state index in [-0.39, 0.29) is 6.61 Å². The predicted molar refractivity (Wildman–Crippen MR) is 72.0 cm³/mol. The number of halogens is 1. The first kappa shape index (κ1) is 13.4. The molecule has 0 aliphatic heterocycles. The highest BCUT2D eigenvalue weighted by molar-refractivity contribution is 6.32. The highest BCUT2D eigenvalue weighted by Gasteiger charge is 2.12. The maximum atomic E-state index is 10.8. The van der Waals surface area contributed by atoms with Crippen molar-refractivity contribution in [2.75, 3.05) is 7.11 Å². The maximum Gasteiger partial charge on any atom is 0.180 e. The Balaban J connectivity index is 2.22. The van der Waals surface area contributed by atoms with E-state index < -0.39 is 0 Å². The molecule has 5 heteroatoms. The van der Waals surface area contributed by atoms with Crippen molar-refractivity contribution in [2.45, 2.75) is 6.61 Å². The van der Waals surface area contributed by atoms with E-state index in [4.69, 9.17) is 21.1 Å². The maximum absolute atomic E-state index is 10.8. The molecule has 2 aromatic rings. The Bertz CT molecular complexity index is 572. The Morgan fingerprint density at radius 1 is 1.37 bits per heavy atom. The smallest absolute Gasteiger partial charge is 0.180 e. The molecule has 0 aliphatic carbocycles. The monoisotopic (exact) mass is 277 g/mol. The van der Waals surface area contributed by atoms with Crippen molar-refractivity contribution in [1.82, 2.24) is 4.98 Å². The summed E-state index contributed by atoms with van der Waals surface area (Å²) in [5.41, 5.74) is 1.21. The van der Waals surface area contributed by atoms with Gasteiger partial charge in [0.05, 0.1) is 17.8 Å². The summed E-state index contributed by atoms with van der Waals surface area (Å²) in [6.07, 6.45) is 2.39. The van der Waals surface area contributed by atoms with Crippen molar-refractivity contribution < 1.29 is 14.3 Å². The molecule has 1 aromatic heterocycles. The minimum atomic E-state index is 0.275. The molecule has 0 atom stereocenters. The Morgan fingerprint density at radius 3 is 2.84 bits per heavy atom. The third kappa shape index (κ3) is 3.23. The predicted octanol–water partition coefficient (Wildman–Crippen LogP) is 3.14. The first-order valence-corrected chi connectivity index (χ1v) is 5.98. The number of pyridine rings is 1. The lowest BCUT2D eigenvalue weighted by Gasteiger charge is -2.12. The van der Waals surface area contributed by atoms with Crippen LogP contribution in [0.1, 0.15) is 16.1 Å². The molecule has 0 bridgehead atoms. The summed E-state index contributed by atoms with van der Waals surface area (Å²) in [7, 11) is 1.49. The minimum absolute atomic E-state index is 0.275. The van der Waals surface area contributed by atoms with Crippen molar-refractivity contribution in [3.63, 3.8) is 0 Å². The summed E-state index contributed by atoms with van der Waals surface area (Å²) in [5.74, 6) is 0.825. The molecule has 0 saturated carbocycles. The van der Waals surface area contributed by atoms with Gasteiger partial charge in [-0.05, 0) is 24.3 Å². The quantitative estimate of drug-likeness (QED) is 0.788. The molecule has 0 radical (unpaired) electrons. The molecule has 0 saturated heterocycles. The zero-order valence-corrected chi connectivity index (χ0v) is 11.1. The van der Waals surface area contributed by atoms with Gasteiger partial charge in [0.1, 0.15) is 12.9 Å². The topological polar surface area (TPSA) is 48.4 Å². The Kier molecular flexibility index (Phi) is 4.36. The van der Waals surface area contributed by atoms with Gasteiger partial charge in [0.2, 0.25) is 0 Å². The van der Waals surface area contributed by atoms with Crippen LogP contribution in [0, 0.1) is 0 Å². The van der Waals surface area contributed by atoms with Gasteiger partial charge in [-0.1, -0.05) is 17.7 Å². The number of hydrogen-bond acceptors (Lipinski definition) is 4. The third-order valence-corrected chi connectivity index (χ3v) is 2.76. The normalized spacial score (nSPS) is 10.0. The average Bonchev–Trinajstić information content (AvgIpc) is 2.46. The molecule has 2 rings (SSSR count). The van der Waals surface area contributed by atoms with E-state index in [0.717, 1.165) is 5.69 Å². The van der Waals surface area contributed by atoms with E-state index in [2.05, 4.69) is 4.98 Å². The van der Waals surface area contributed by atoms with Gasteiger partial charge in [-0.25, -0.2) is 0 Å². The Labute approximate surface area is 115 Å². The molecule has 4 nitrogen and oxygen atoms in total. The summed E-state index contributed by atoms with van der Waals surface area (Å²) in [6.45, 7) is 0.275. The second-order valence-electron chi connectivity index (χ2n) is 3.76. The molecule has 0 N–H and O–H groups in total. The number of methoxy groups -OCH3 is 1. The fourth-order valence-electron chi connectivity index (χ4n) is 1.58. The van der Waals surface area contributed by atoms with Gasteiger partial charge >= 0.3 is 0 Å². The number of carbonyl (C=O) groups excluding carboxylic acids is 1. The molecule has 0 fully saturated rings. The lowest BCUT2D eigenvalue weighted by Crippen LogP contribution is -2.00. The minimum Gasteiger partial charge on any atom is -0.493 e. The van der Waals surface area contributed by atoms with Gasteiger partial charge in [0.25, 0.3) is 0 Å². The first-order valence-electron chi connectivity index (χ1n) is 5.60. The number of rotatable bonds is 5. The Hall–Kier alpha value is -2.07. The first-order chi connectivity index (χ1) is 9.24. The van der Waals surface area contributed by atoms with Crippen LogP contribution in [0.3, 0.4) is 0 Å². The van der Waals surface area contributed by atoms with Gasteiger partial charge in [-0.15, -0.1) is 0 Å². The number of nitrogens with zero attached hydrogens (tertiary/aromatic N) is 1. The molecule has 1 aromatic carbocycles. The molecule has 98 valence electrons. The summed E-state index contributed by atoms with van der Waals surface area (Å²) in [4.78, 5) is 14.9. The number of benzene rings is 1. The fourth-order valence-corrected chi connectivity index (χ4v) is 1.85. The standard InChI is InChI=1S/C14H12ClNO3/c1-18-13-7-10(8-17)6-12(15)14(13)19-9-11-4-2-3-5-16-11/h2-8H,9H2,1H3. The van der Waals surface area contributed by atoms with E-state index >= 15 is 0 Å². The van der Waals surface area contributed by atoms with E-state index in [0.29, 0.717) is 28.4 Å². The van der Waals surface area contributed by atoms with Gasteiger partial charge in [-0.3, -0.25) is 9.78 Å². The molecule has 0 aliphatic rings. The van der Waals surface area contributed by atoms with Crippen molar-refractivity contribution in [3.8, 4) is 11.5 Å². The van der Waals surface area contributed by atoms with Crippen molar-refractivity contribution >= 4 is 17.9 Å². The van der Waals surface area contributed by atoms with Gasteiger partial charge in [0.15, 0.2) is 11.5 Å². The summed E-state index contributed by atoms with van der Waals surface area (Å²) < 4.78 is 10.8. The molecular weight excluding hydrogens is 266 g/mol. The molecule has 0 unspecified atom stereocenters. The second-order valence-corrected chi connectivity index (χ2v) is 4.17. The van der Waals surface area contributed by atoms with Crippen LogP contribution in [-0.2, 0) is 6.61 Å². The second kappa shape index (κ2) is 6.20. The third-order valence-electron chi connectivity index (χ3n) is 2.48. The van der Waals surface area contributed by atoms with Crippen LogP contribution in [0.15, 0.2) is 36.5 Å². The van der Waals surface area contributed by atoms with Crippen LogP contribution in [0.4, 0.5) is 0 Å². The lowest BCUT2D eigenvalue weighted by molar-refractivity contribution is 0.112. The van der Waals surface area contributed by atoms with Crippen molar-refractivity contribution in [2.24, 2.45) is 0 Å². The van der Waals surface area contributed by atoms with Crippen molar-refractivity contribution in [1.29, 1.82) is 0 Å². The van der Waals surface area contributed by atoms with Crippen LogP contribution in [0.25, 0.3) is 0 Å². The summed E-state index contributed by atoms with van der Waals surface area (Å²) in [6, 6.07) is 8.66. The lowest BCUT2D eigenvalue weighted by atomic mass is 10.2. The SMILES string of the molecule is COc1cc(C=O)cc(Cl)c1OCc1ccccn1. The fraction of sp³-hybridized carbons (Fsp3) is 0.143. The number of hydrogen-bond donors (Lipinski definition) is 0. The zero-order valence-electron chi connectivity index (χ0n) is 10.3.